The zero-order valence-electron chi connectivity index (χ0n) is 17.4. The highest BCUT2D eigenvalue weighted by atomic mass is 127. The Bertz CT molecular complexity index is 606. The molecule has 0 saturated carbocycles. The van der Waals surface area contributed by atoms with E-state index in [0.717, 1.165) is 38.7 Å². The predicted molar refractivity (Wildman–Crippen MR) is 130 cm³/mol. The van der Waals surface area contributed by atoms with Crippen LogP contribution in [0.1, 0.15) is 20.8 Å². The highest BCUT2D eigenvalue weighted by molar-refractivity contribution is 14.0. The van der Waals surface area contributed by atoms with E-state index in [1.807, 2.05) is 38.7 Å². The smallest absolute Gasteiger partial charge is 0.234 e. The molecule has 2 N–H and O–H groups in total. The Hall–Kier alpha value is -1.00. The Morgan fingerprint density at radius 2 is 1.79 bits per heavy atom. The molecule has 0 spiro atoms. The number of nitrogens with one attached hydrogen (secondary N) is 2. The van der Waals surface area contributed by atoms with Gasteiger partial charge >= 0.3 is 0 Å². The summed E-state index contributed by atoms with van der Waals surface area (Å²) in [6.45, 7) is 11.1. The van der Waals surface area contributed by atoms with Crippen molar-refractivity contribution in [3.8, 4) is 0 Å². The fraction of sp³-hybridized carbons (Fsp3) is 0.600. The number of carbonyl (C=O) groups is 1. The number of guanidine groups is 1. The summed E-state index contributed by atoms with van der Waals surface area (Å²) in [7, 11) is 1.83. The van der Waals surface area contributed by atoms with Crippen LogP contribution in [0.15, 0.2) is 40.2 Å². The molecule has 1 aliphatic rings. The number of hydrogen-bond donors (Lipinski definition) is 2. The van der Waals surface area contributed by atoms with Crippen LogP contribution in [0.5, 0.6) is 0 Å². The fourth-order valence-electron chi connectivity index (χ4n) is 3.03. The van der Waals surface area contributed by atoms with Crippen molar-refractivity contribution in [1.29, 1.82) is 0 Å². The molecule has 158 valence electrons. The Morgan fingerprint density at radius 3 is 2.36 bits per heavy atom. The second-order valence-electron chi connectivity index (χ2n) is 7.16. The van der Waals surface area contributed by atoms with Gasteiger partial charge in [-0.3, -0.25) is 14.7 Å². The molecule has 6 nitrogen and oxygen atoms in total. The van der Waals surface area contributed by atoms with Crippen LogP contribution in [0.4, 0.5) is 0 Å². The molecule has 0 aliphatic carbocycles. The van der Waals surface area contributed by atoms with E-state index in [9.17, 15) is 4.79 Å². The van der Waals surface area contributed by atoms with Crippen molar-refractivity contribution in [3.63, 3.8) is 0 Å². The predicted octanol–water partition coefficient (Wildman–Crippen LogP) is 2.50. The molecule has 28 heavy (non-hydrogen) atoms. The van der Waals surface area contributed by atoms with E-state index in [1.54, 1.807) is 0 Å². The molecule has 1 heterocycles. The molecule has 1 atom stereocenters. The minimum atomic E-state index is 0. The van der Waals surface area contributed by atoms with Crippen LogP contribution in [0.25, 0.3) is 0 Å². The van der Waals surface area contributed by atoms with Crippen LogP contribution in [-0.4, -0.2) is 79.3 Å². The summed E-state index contributed by atoms with van der Waals surface area (Å²) in [6, 6.07) is 10.7. The van der Waals surface area contributed by atoms with Gasteiger partial charge in [0.25, 0.3) is 0 Å². The number of carbonyl (C=O) groups excluding carboxylic acids is 1. The fourth-order valence-corrected chi connectivity index (χ4v) is 3.97. The van der Waals surface area contributed by atoms with Gasteiger partial charge in [-0.25, -0.2) is 0 Å². The van der Waals surface area contributed by atoms with Crippen molar-refractivity contribution in [1.82, 2.24) is 20.4 Å². The Morgan fingerprint density at radius 1 is 1.14 bits per heavy atom. The second-order valence-corrected chi connectivity index (χ2v) is 8.67. The van der Waals surface area contributed by atoms with Crippen molar-refractivity contribution in [2.75, 3.05) is 46.3 Å². The van der Waals surface area contributed by atoms with Crippen LogP contribution in [0, 0.1) is 0 Å². The maximum atomic E-state index is 11.9. The lowest BCUT2D eigenvalue weighted by molar-refractivity contribution is -0.123. The number of thioether (sulfide) groups is 1. The first-order valence-electron chi connectivity index (χ1n) is 9.67. The lowest BCUT2D eigenvalue weighted by atomic mass is 10.3. The summed E-state index contributed by atoms with van der Waals surface area (Å²) in [4.78, 5) is 22.1. The molecule has 0 bridgehead atoms. The van der Waals surface area contributed by atoms with Gasteiger partial charge in [-0.15, -0.1) is 35.7 Å². The van der Waals surface area contributed by atoms with Crippen molar-refractivity contribution in [3.05, 3.63) is 30.3 Å². The quantitative estimate of drug-likeness (QED) is 0.251. The summed E-state index contributed by atoms with van der Waals surface area (Å²) >= 11 is 1.87. The molecule has 8 heteroatoms. The van der Waals surface area contributed by atoms with Crippen molar-refractivity contribution < 1.29 is 4.79 Å². The molecule has 1 amide bonds. The summed E-state index contributed by atoms with van der Waals surface area (Å²) in [5.41, 5.74) is 0. The molecule has 1 saturated heterocycles. The largest absolute Gasteiger partial charge is 0.355 e. The highest BCUT2D eigenvalue weighted by Crippen LogP contribution is 2.22. The van der Waals surface area contributed by atoms with E-state index < -0.39 is 0 Å². The molecule has 2 rings (SSSR count). The number of amides is 1. The highest BCUT2D eigenvalue weighted by Gasteiger charge is 2.21. The molecule has 1 aromatic rings. The first-order valence-corrected chi connectivity index (χ1v) is 10.5. The van der Waals surface area contributed by atoms with Gasteiger partial charge in [-0.1, -0.05) is 25.1 Å². The second kappa shape index (κ2) is 13.3. The van der Waals surface area contributed by atoms with E-state index in [2.05, 4.69) is 56.6 Å². The van der Waals surface area contributed by atoms with Crippen LogP contribution < -0.4 is 10.6 Å². The first kappa shape index (κ1) is 25.0. The van der Waals surface area contributed by atoms with Crippen molar-refractivity contribution >= 4 is 47.6 Å². The third kappa shape index (κ3) is 9.00. The minimum absolute atomic E-state index is 0. The summed E-state index contributed by atoms with van der Waals surface area (Å²) in [6.07, 6.45) is 0. The SMILES string of the molecule is CN=C(NCC(C)Sc1ccccc1)N1CCN(CC(=O)NC(C)C)CC1.I. The molecule has 1 aliphatic heterocycles. The van der Waals surface area contributed by atoms with Gasteiger partial charge in [0.2, 0.25) is 5.91 Å². The molecular formula is C20H34IN5OS. The van der Waals surface area contributed by atoms with Crippen LogP contribution >= 0.6 is 35.7 Å². The number of rotatable bonds is 7. The average Bonchev–Trinajstić information content (AvgIpc) is 2.63. The van der Waals surface area contributed by atoms with E-state index in [-0.39, 0.29) is 35.9 Å². The minimum Gasteiger partial charge on any atom is -0.355 e. The molecule has 1 fully saturated rings. The normalized spacial score (nSPS) is 16.5. The maximum Gasteiger partial charge on any atom is 0.234 e. The van der Waals surface area contributed by atoms with Crippen molar-refractivity contribution in [2.24, 2.45) is 4.99 Å². The third-order valence-electron chi connectivity index (χ3n) is 4.33. The van der Waals surface area contributed by atoms with E-state index in [0.29, 0.717) is 11.8 Å². The summed E-state index contributed by atoms with van der Waals surface area (Å²) < 4.78 is 0. The Kier molecular flexibility index (Phi) is 11.9. The van der Waals surface area contributed by atoms with Crippen LogP contribution in [0.3, 0.4) is 0 Å². The number of aliphatic imine (C=N–C) groups is 1. The van der Waals surface area contributed by atoms with Gasteiger partial charge in [-0.05, 0) is 26.0 Å². The van der Waals surface area contributed by atoms with E-state index in [4.69, 9.17) is 0 Å². The lowest BCUT2D eigenvalue weighted by Crippen LogP contribution is -2.54. The Labute approximate surface area is 190 Å². The van der Waals surface area contributed by atoms with Gasteiger partial charge in [0.05, 0.1) is 6.54 Å². The van der Waals surface area contributed by atoms with Crippen LogP contribution in [0.2, 0.25) is 0 Å². The number of hydrogen-bond acceptors (Lipinski definition) is 4. The zero-order chi connectivity index (χ0) is 19.6. The summed E-state index contributed by atoms with van der Waals surface area (Å²) in [5, 5.41) is 6.90. The number of nitrogens with zero attached hydrogens (tertiary/aromatic N) is 3. The molecule has 1 aromatic carbocycles. The monoisotopic (exact) mass is 519 g/mol. The summed E-state index contributed by atoms with van der Waals surface area (Å²) in [5.74, 6) is 1.05. The molecule has 1 unspecified atom stereocenters. The van der Waals surface area contributed by atoms with Gasteiger partial charge in [0.15, 0.2) is 5.96 Å². The van der Waals surface area contributed by atoms with E-state index in [1.165, 1.54) is 4.90 Å². The van der Waals surface area contributed by atoms with Gasteiger partial charge in [0.1, 0.15) is 0 Å². The number of halogens is 1. The topological polar surface area (TPSA) is 60.0 Å². The Balaban J connectivity index is 0.00000392. The van der Waals surface area contributed by atoms with E-state index >= 15 is 0 Å². The maximum absolute atomic E-state index is 11.9. The standard InChI is InChI=1S/C20H33N5OS.HI/c1-16(2)23-19(26)15-24-10-12-25(13-11-24)20(21-4)22-14-17(3)27-18-8-6-5-7-9-18;/h5-9,16-17H,10-15H2,1-4H3,(H,21,22)(H,23,26);1H. The number of benzene rings is 1. The zero-order valence-corrected chi connectivity index (χ0v) is 20.5. The van der Waals surface area contributed by atoms with Crippen molar-refractivity contribution in [2.45, 2.75) is 37.0 Å². The first-order chi connectivity index (χ1) is 13.0. The van der Waals surface area contributed by atoms with Gasteiger partial charge in [-0.2, -0.15) is 0 Å². The molecule has 0 radical (unpaired) electrons. The third-order valence-corrected chi connectivity index (χ3v) is 5.44. The molecule has 0 aromatic heterocycles. The average molecular weight is 519 g/mol. The molecular weight excluding hydrogens is 485 g/mol. The van der Waals surface area contributed by atoms with Gasteiger partial charge in [0, 0.05) is 56.0 Å². The van der Waals surface area contributed by atoms with Gasteiger partial charge < -0.3 is 15.5 Å². The lowest BCUT2D eigenvalue weighted by Gasteiger charge is -2.36. The van der Waals surface area contributed by atoms with Crippen LogP contribution in [-0.2, 0) is 4.79 Å². The number of piperazine rings is 1.